The van der Waals surface area contributed by atoms with E-state index in [1.807, 2.05) is 24.4 Å². The minimum Gasteiger partial charge on any atom is -0.380 e. The molecule has 0 amide bonds. The first-order valence-corrected chi connectivity index (χ1v) is 5.34. The largest absolute Gasteiger partial charge is 0.380 e. The van der Waals surface area contributed by atoms with Gasteiger partial charge in [-0.1, -0.05) is 6.07 Å². The maximum Gasteiger partial charge on any atom is 0.157 e. The Kier molecular flexibility index (Phi) is 2.42. The van der Waals surface area contributed by atoms with Gasteiger partial charge in [-0.25, -0.2) is 9.97 Å². The van der Waals surface area contributed by atoms with E-state index in [4.69, 9.17) is 0 Å². The molecule has 0 saturated carbocycles. The molecule has 0 atom stereocenters. The Balaban J connectivity index is 1.76. The van der Waals surface area contributed by atoms with E-state index in [-0.39, 0.29) is 0 Å². The maximum absolute atomic E-state index is 4.26. The highest BCUT2D eigenvalue weighted by Crippen LogP contribution is 2.13. The van der Waals surface area contributed by atoms with Gasteiger partial charge in [0.05, 0.1) is 18.2 Å². The van der Waals surface area contributed by atoms with E-state index in [2.05, 4.69) is 25.3 Å². The minimum absolute atomic E-state index is 0.728. The molecule has 0 radical (unpaired) electrons. The van der Waals surface area contributed by atoms with E-state index in [0.29, 0.717) is 0 Å². The van der Waals surface area contributed by atoms with Crippen LogP contribution in [0.2, 0.25) is 0 Å². The second-order valence-electron chi connectivity index (χ2n) is 3.71. The van der Waals surface area contributed by atoms with Gasteiger partial charge in [0.15, 0.2) is 5.65 Å². The minimum atomic E-state index is 0.728. The van der Waals surface area contributed by atoms with Crippen LogP contribution in [0.15, 0.2) is 43.1 Å². The fraction of sp³-hybridized carbons (Fsp3) is 0.0833. The van der Waals surface area contributed by atoms with Crippen molar-refractivity contribution in [2.24, 2.45) is 0 Å². The quantitative estimate of drug-likeness (QED) is 0.715. The van der Waals surface area contributed by atoms with Crippen molar-refractivity contribution in [2.45, 2.75) is 6.54 Å². The van der Waals surface area contributed by atoms with Crippen molar-refractivity contribution in [3.63, 3.8) is 0 Å². The van der Waals surface area contributed by atoms with E-state index in [1.165, 1.54) is 0 Å². The maximum atomic E-state index is 4.26. The molecular formula is C12H11N5. The highest BCUT2D eigenvalue weighted by molar-refractivity contribution is 5.73. The van der Waals surface area contributed by atoms with E-state index >= 15 is 0 Å². The lowest BCUT2D eigenvalue weighted by molar-refractivity contribution is 1.11. The number of aromatic amines is 1. The van der Waals surface area contributed by atoms with Crippen LogP contribution in [0, 0.1) is 0 Å². The standard InChI is InChI=1S/C12H11N5/c1-2-9(5-13-3-1)6-14-10-4-11-12(15-7-10)17-8-16-11/h1-5,7-8,14H,6H2,(H,15,16,17). The Morgan fingerprint density at radius 3 is 3.12 bits per heavy atom. The molecular weight excluding hydrogens is 214 g/mol. The number of imidazole rings is 1. The van der Waals surface area contributed by atoms with Crippen LogP contribution in [0.1, 0.15) is 5.56 Å². The number of anilines is 1. The van der Waals surface area contributed by atoms with E-state index < -0.39 is 0 Å². The Morgan fingerprint density at radius 1 is 1.24 bits per heavy atom. The zero-order valence-corrected chi connectivity index (χ0v) is 9.09. The number of rotatable bonds is 3. The van der Waals surface area contributed by atoms with Crippen molar-refractivity contribution in [1.29, 1.82) is 0 Å². The molecule has 5 nitrogen and oxygen atoms in total. The molecule has 0 aliphatic carbocycles. The van der Waals surface area contributed by atoms with Gasteiger partial charge in [0.1, 0.15) is 5.52 Å². The molecule has 5 heteroatoms. The lowest BCUT2D eigenvalue weighted by atomic mass is 10.3. The molecule has 0 unspecified atom stereocenters. The van der Waals surface area contributed by atoms with Crippen molar-refractivity contribution >= 4 is 16.9 Å². The fourth-order valence-corrected chi connectivity index (χ4v) is 1.63. The summed E-state index contributed by atoms with van der Waals surface area (Å²) >= 11 is 0. The first-order valence-electron chi connectivity index (χ1n) is 5.34. The summed E-state index contributed by atoms with van der Waals surface area (Å²) in [5, 5.41) is 3.29. The summed E-state index contributed by atoms with van der Waals surface area (Å²) in [5.41, 5.74) is 3.75. The summed E-state index contributed by atoms with van der Waals surface area (Å²) in [5.74, 6) is 0. The van der Waals surface area contributed by atoms with Gasteiger partial charge in [0, 0.05) is 18.9 Å². The normalized spacial score (nSPS) is 10.6. The molecule has 3 aromatic heterocycles. The lowest BCUT2D eigenvalue weighted by Gasteiger charge is -2.05. The van der Waals surface area contributed by atoms with Gasteiger partial charge >= 0.3 is 0 Å². The number of hydrogen-bond donors (Lipinski definition) is 2. The van der Waals surface area contributed by atoms with E-state index in [1.54, 1.807) is 18.7 Å². The molecule has 3 aromatic rings. The number of pyridine rings is 2. The van der Waals surface area contributed by atoms with E-state index in [9.17, 15) is 0 Å². The summed E-state index contributed by atoms with van der Waals surface area (Å²) in [6.07, 6.45) is 7.04. The molecule has 0 aliphatic rings. The highest BCUT2D eigenvalue weighted by atomic mass is 15.0. The average molecular weight is 225 g/mol. The van der Waals surface area contributed by atoms with Crippen LogP contribution < -0.4 is 5.32 Å². The molecule has 0 bridgehead atoms. The Hall–Kier alpha value is -2.43. The number of hydrogen-bond acceptors (Lipinski definition) is 4. The Bertz CT molecular complexity index is 617. The van der Waals surface area contributed by atoms with Crippen LogP contribution in [-0.2, 0) is 6.54 Å². The SMILES string of the molecule is c1cncc(CNc2cnc3[nH]cnc3c2)c1. The molecule has 0 fully saturated rings. The average Bonchev–Trinajstić information content (AvgIpc) is 2.85. The molecule has 84 valence electrons. The summed E-state index contributed by atoms with van der Waals surface area (Å²) in [6.45, 7) is 0.728. The number of nitrogens with zero attached hydrogens (tertiary/aromatic N) is 3. The topological polar surface area (TPSA) is 66.5 Å². The van der Waals surface area contributed by atoms with Crippen LogP contribution in [0.4, 0.5) is 5.69 Å². The zero-order chi connectivity index (χ0) is 11.5. The third-order valence-corrected chi connectivity index (χ3v) is 2.49. The van der Waals surface area contributed by atoms with Crippen LogP contribution in [-0.4, -0.2) is 19.9 Å². The summed E-state index contributed by atoms with van der Waals surface area (Å²) in [4.78, 5) is 15.4. The second kappa shape index (κ2) is 4.21. The van der Waals surface area contributed by atoms with Crippen molar-refractivity contribution in [3.05, 3.63) is 48.7 Å². The molecule has 3 rings (SSSR count). The van der Waals surface area contributed by atoms with Crippen LogP contribution >= 0.6 is 0 Å². The van der Waals surface area contributed by atoms with Crippen LogP contribution in [0.5, 0.6) is 0 Å². The summed E-state index contributed by atoms with van der Waals surface area (Å²) < 4.78 is 0. The number of H-pyrrole nitrogens is 1. The van der Waals surface area contributed by atoms with Gasteiger partial charge in [-0.2, -0.15) is 0 Å². The van der Waals surface area contributed by atoms with Crippen molar-refractivity contribution in [2.75, 3.05) is 5.32 Å². The van der Waals surface area contributed by atoms with Gasteiger partial charge in [-0.3, -0.25) is 4.98 Å². The van der Waals surface area contributed by atoms with Gasteiger partial charge in [-0.05, 0) is 17.7 Å². The smallest absolute Gasteiger partial charge is 0.157 e. The summed E-state index contributed by atoms with van der Waals surface area (Å²) in [6, 6.07) is 5.92. The Labute approximate surface area is 98.0 Å². The van der Waals surface area contributed by atoms with Gasteiger partial charge in [0.25, 0.3) is 0 Å². The predicted octanol–water partition coefficient (Wildman–Crippen LogP) is 1.96. The molecule has 0 aromatic carbocycles. The number of nitrogens with one attached hydrogen (secondary N) is 2. The van der Waals surface area contributed by atoms with Crippen molar-refractivity contribution in [3.8, 4) is 0 Å². The first kappa shape index (κ1) is 9.77. The third kappa shape index (κ3) is 2.08. The zero-order valence-electron chi connectivity index (χ0n) is 9.09. The monoisotopic (exact) mass is 225 g/mol. The number of aromatic nitrogens is 4. The van der Waals surface area contributed by atoms with Crippen LogP contribution in [0.3, 0.4) is 0 Å². The van der Waals surface area contributed by atoms with Crippen molar-refractivity contribution in [1.82, 2.24) is 19.9 Å². The molecule has 17 heavy (non-hydrogen) atoms. The van der Waals surface area contributed by atoms with E-state index in [0.717, 1.165) is 29.0 Å². The summed E-state index contributed by atoms with van der Waals surface area (Å²) in [7, 11) is 0. The van der Waals surface area contributed by atoms with Crippen LogP contribution in [0.25, 0.3) is 11.2 Å². The number of fused-ring (bicyclic) bond motifs is 1. The molecule has 3 heterocycles. The third-order valence-electron chi connectivity index (χ3n) is 2.49. The van der Waals surface area contributed by atoms with Gasteiger partial charge < -0.3 is 10.3 Å². The first-order chi connectivity index (χ1) is 8.42. The second-order valence-corrected chi connectivity index (χ2v) is 3.71. The fourth-order valence-electron chi connectivity index (χ4n) is 1.63. The van der Waals surface area contributed by atoms with Crippen molar-refractivity contribution < 1.29 is 0 Å². The molecule has 0 spiro atoms. The van der Waals surface area contributed by atoms with Gasteiger partial charge in [-0.15, -0.1) is 0 Å². The van der Waals surface area contributed by atoms with Gasteiger partial charge in [0.2, 0.25) is 0 Å². The molecule has 0 saturated heterocycles. The Morgan fingerprint density at radius 2 is 2.24 bits per heavy atom. The lowest BCUT2D eigenvalue weighted by Crippen LogP contribution is -1.99. The molecule has 0 aliphatic heterocycles. The highest BCUT2D eigenvalue weighted by Gasteiger charge is 1.99. The molecule has 2 N–H and O–H groups in total. The predicted molar refractivity (Wildman–Crippen MR) is 65.5 cm³/mol.